The van der Waals surface area contributed by atoms with Crippen LogP contribution in [-0.4, -0.2) is 37.6 Å². The van der Waals surface area contributed by atoms with E-state index in [2.05, 4.69) is 15.0 Å². The number of ether oxygens (including phenoxy) is 2. The summed E-state index contributed by atoms with van der Waals surface area (Å²) in [4.78, 5) is 12.6. The predicted molar refractivity (Wildman–Crippen MR) is 155 cm³/mol. The number of anilines is 1. The van der Waals surface area contributed by atoms with Crippen LogP contribution in [0.3, 0.4) is 0 Å². The summed E-state index contributed by atoms with van der Waals surface area (Å²) in [5.74, 6) is 1.27. The molecule has 1 aromatic heterocycles. The number of hydrogen-bond acceptors (Lipinski definition) is 6. The SMILES string of the molecule is COc1ccc(-c2ccc(C(=O)NCCCNc3nsc4ccc(-c5cccc(OC)c5F)cc34)cc2)cc1. The zero-order valence-corrected chi connectivity index (χ0v) is 22.5. The molecular weight excluding hydrogens is 513 g/mol. The fourth-order valence-electron chi connectivity index (χ4n) is 4.32. The number of hydrogen-bond donors (Lipinski definition) is 2. The number of carbonyl (C=O) groups excluding carboxylic acids is 1. The number of halogens is 1. The lowest BCUT2D eigenvalue weighted by molar-refractivity contribution is 0.0953. The van der Waals surface area contributed by atoms with Gasteiger partial charge in [0.1, 0.15) is 11.6 Å². The molecule has 198 valence electrons. The highest BCUT2D eigenvalue weighted by molar-refractivity contribution is 7.13. The second kappa shape index (κ2) is 12.0. The molecule has 0 unspecified atom stereocenters. The molecule has 39 heavy (non-hydrogen) atoms. The van der Waals surface area contributed by atoms with E-state index in [-0.39, 0.29) is 17.5 Å². The second-order valence-electron chi connectivity index (χ2n) is 8.91. The second-order valence-corrected chi connectivity index (χ2v) is 9.71. The Morgan fingerprint density at radius 1 is 0.872 bits per heavy atom. The van der Waals surface area contributed by atoms with Gasteiger partial charge in [-0.1, -0.05) is 42.5 Å². The third kappa shape index (κ3) is 5.86. The van der Waals surface area contributed by atoms with Gasteiger partial charge in [0.05, 0.1) is 18.9 Å². The van der Waals surface area contributed by atoms with Gasteiger partial charge in [-0.05, 0) is 77.1 Å². The highest BCUT2D eigenvalue weighted by Crippen LogP contribution is 2.34. The van der Waals surface area contributed by atoms with Crippen molar-refractivity contribution in [1.29, 1.82) is 0 Å². The lowest BCUT2D eigenvalue weighted by atomic mass is 10.0. The first kappa shape index (κ1) is 26.2. The molecule has 5 rings (SSSR count). The molecule has 0 fully saturated rings. The van der Waals surface area contributed by atoms with E-state index in [1.54, 1.807) is 25.3 Å². The van der Waals surface area contributed by atoms with Crippen LogP contribution in [0.25, 0.3) is 32.3 Å². The number of fused-ring (bicyclic) bond motifs is 1. The number of nitrogens with zero attached hydrogens (tertiary/aromatic N) is 1. The van der Waals surface area contributed by atoms with Gasteiger partial charge in [0.25, 0.3) is 5.91 Å². The van der Waals surface area contributed by atoms with E-state index in [9.17, 15) is 9.18 Å². The molecule has 0 aliphatic heterocycles. The monoisotopic (exact) mass is 541 g/mol. The molecule has 2 N–H and O–H groups in total. The normalized spacial score (nSPS) is 10.8. The summed E-state index contributed by atoms with van der Waals surface area (Å²) >= 11 is 1.39. The van der Waals surface area contributed by atoms with Crippen molar-refractivity contribution in [2.75, 3.05) is 32.6 Å². The summed E-state index contributed by atoms with van der Waals surface area (Å²) < 4.78 is 30.7. The number of methoxy groups -OCH3 is 2. The summed E-state index contributed by atoms with van der Waals surface area (Å²) in [5, 5.41) is 7.25. The van der Waals surface area contributed by atoms with Crippen LogP contribution >= 0.6 is 11.5 Å². The Hall–Kier alpha value is -4.43. The Bertz CT molecular complexity index is 1580. The van der Waals surface area contributed by atoms with Crippen LogP contribution in [0.1, 0.15) is 16.8 Å². The molecule has 5 aromatic rings. The van der Waals surface area contributed by atoms with E-state index in [0.29, 0.717) is 24.2 Å². The molecule has 0 spiro atoms. The number of amides is 1. The number of aromatic nitrogens is 1. The molecule has 0 saturated heterocycles. The number of carbonyl (C=O) groups is 1. The highest BCUT2D eigenvalue weighted by Gasteiger charge is 2.13. The largest absolute Gasteiger partial charge is 0.497 e. The van der Waals surface area contributed by atoms with Crippen LogP contribution in [-0.2, 0) is 0 Å². The fraction of sp³-hybridized carbons (Fsp3) is 0.161. The first-order chi connectivity index (χ1) is 19.1. The van der Waals surface area contributed by atoms with Gasteiger partial charge >= 0.3 is 0 Å². The minimum atomic E-state index is -0.386. The van der Waals surface area contributed by atoms with Gasteiger partial charge in [0.2, 0.25) is 0 Å². The van der Waals surface area contributed by atoms with Gasteiger partial charge in [-0.3, -0.25) is 4.79 Å². The van der Waals surface area contributed by atoms with E-state index in [4.69, 9.17) is 9.47 Å². The number of nitrogens with one attached hydrogen (secondary N) is 2. The molecule has 0 bridgehead atoms. The van der Waals surface area contributed by atoms with Crippen LogP contribution in [0.2, 0.25) is 0 Å². The maximum atomic E-state index is 14.8. The Morgan fingerprint density at radius 3 is 2.31 bits per heavy atom. The van der Waals surface area contributed by atoms with Gasteiger partial charge in [-0.25, -0.2) is 4.39 Å². The maximum Gasteiger partial charge on any atom is 0.251 e. The molecule has 0 atom stereocenters. The number of benzene rings is 4. The minimum absolute atomic E-state index is 0.111. The first-order valence-corrected chi connectivity index (χ1v) is 13.3. The summed E-state index contributed by atoms with van der Waals surface area (Å²) in [6, 6.07) is 26.3. The molecule has 4 aromatic carbocycles. The van der Waals surface area contributed by atoms with E-state index >= 15 is 0 Å². The van der Waals surface area contributed by atoms with E-state index < -0.39 is 0 Å². The van der Waals surface area contributed by atoms with Crippen molar-refractivity contribution in [1.82, 2.24) is 9.69 Å². The molecular formula is C31H28FN3O3S. The standard InChI is InChI=1S/C31H28FN3O3S/c1-37-24-14-11-21(12-15-24)20-7-9-22(10-8-20)31(36)34-18-4-17-33-30-26-19-23(13-16-28(26)39-35-30)25-5-3-6-27(38-2)29(25)32/h3,5-16,19H,4,17-18H2,1-2H3,(H,33,35)(H,34,36). The van der Waals surface area contributed by atoms with Crippen molar-refractivity contribution in [3.63, 3.8) is 0 Å². The van der Waals surface area contributed by atoms with Crippen molar-refractivity contribution >= 4 is 33.3 Å². The third-order valence-electron chi connectivity index (χ3n) is 6.47. The third-order valence-corrected chi connectivity index (χ3v) is 7.29. The van der Waals surface area contributed by atoms with Crippen molar-refractivity contribution in [2.24, 2.45) is 0 Å². The molecule has 6 nitrogen and oxygen atoms in total. The Balaban J connectivity index is 1.15. The van der Waals surface area contributed by atoms with E-state index in [1.165, 1.54) is 18.6 Å². The quantitative estimate of drug-likeness (QED) is 0.186. The van der Waals surface area contributed by atoms with Crippen molar-refractivity contribution < 1.29 is 18.7 Å². The first-order valence-electron chi connectivity index (χ1n) is 12.6. The van der Waals surface area contributed by atoms with Crippen molar-refractivity contribution in [3.05, 3.63) is 96.3 Å². The molecule has 0 aliphatic rings. The summed E-state index contributed by atoms with van der Waals surface area (Å²) in [5.41, 5.74) is 3.94. The van der Waals surface area contributed by atoms with Crippen molar-refractivity contribution in [3.8, 4) is 33.8 Å². The Kier molecular flexibility index (Phi) is 8.03. The molecule has 0 saturated carbocycles. The minimum Gasteiger partial charge on any atom is -0.497 e. The van der Waals surface area contributed by atoms with Crippen LogP contribution in [0, 0.1) is 5.82 Å². The predicted octanol–water partition coefficient (Wildman–Crippen LogP) is 7.02. The van der Waals surface area contributed by atoms with Crippen LogP contribution < -0.4 is 20.1 Å². The Morgan fingerprint density at radius 2 is 1.59 bits per heavy atom. The summed E-state index contributed by atoms with van der Waals surface area (Å²) in [6.07, 6.45) is 0.721. The number of rotatable bonds is 10. The van der Waals surface area contributed by atoms with Crippen LogP contribution in [0.5, 0.6) is 11.5 Å². The zero-order valence-electron chi connectivity index (χ0n) is 21.7. The molecule has 0 aliphatic carbocycles. The van der Waals surface area contributed by atoms with Gasteiger partial charge in [0.15, 0.2) is 11.6 Å². The smallest absolute Gasteiger partial charge is 0.251 e. The molecule has 0 radical (unpaired) electrons. The maximum absolute atomic E-state index is 14.8. The van der Waals surface area contributed by atoms with Crippen LogP contribution in [0.4, 0.5) is 10.2 Å². The lowest BCUT2D eigenvalue weighted by Crippen LogP contribution is -2.25. The molecule has 1 amide bonds. The topological polar surface area (TPSA) is 72.5 Å². The summed E-state index contributed by atoms with van der Waals surface area (Å²) in [7, 11) is 3.10. The molecule has 8 heteroatoms. The van der Waals surface area contributed by atoms with Gasteiger partial charge < -0.3 is 20.1 Å². The van der Waals surface area contributed by atoms with E-state index in [1.807, 2.05) is 66.7 Å². The summed E-state index contributed by atoms with van der Waals surface area (Å²) in [6.45, 7) is 1.15. The average Bonchev–Trinajstić information content (AvgIpc) is 3.39. The highest BCUT2D eigenvalue weighted by atomic mass is 32.1. The van der Waals surface area contributed by atoms with Gasteiger partial charge in [-0.15, -0.1) is 0 Å². The zero-order chi connectivity index (χ0) is 27.2. The molecule has 1 heterocycles. The average molecular weight is 542 g/mol. The van der Waals surface area contributed by atoms with Crippen LogP contribution in [0.15, 0.2) is 84.9 Å². The van der Waals surface area contributed by atoms with Gasteiger partial charge in [-0.2, -0.15) is 4.37 Å². The Labute approximate surface area is 230 Å². The lowest BCUT2D eigenvalue weighted by Gasteiger charge is -2.09. The fourth-order valence-corrected chi connectivity index (χ4v) is 5.06. The van der Waals surface area contributed by atoms with E-state index in [0.717, 1.165) is 44.8 Å². The van der Waals surface area contributed by atoms with Gasteiger partial charge in [0, 0.05) is 29.6 Å². The van der Waals surface area contributed by atoms with Crippen molar-refractivity contribution in [2.45, 2.75) is 6.42 Å².